The van der Waals surface area contributed by atoms with Gasteiger partial charge in [-0.05, 0) is 11.6 Å². The smallest absolute Gasteiger partial charge is 0.241 e. The Hall–Kier alpha value is -1.28. The van der Waals surface area contributed by atoms with E-state index >= 15 is 0 Å². The lowest BCUT2D eigenvalue weighted by Gasteiger charge is -2.09. The SMILES string of the molecule is NCc1ccccc1S(=O)(=O)NCc1cscn1. The molecule has 2 rings (SSSR count). The lowest BCUT2D eigenvalue weighted by atomic mass is 10.2. The first-order valence-corrected chi connectivity index (χ1v) is 7.71. The number of nitrogens with zero attached hydrogens (tertiary/aromatic N) is 1. The van der Waals surface area contributed by atoms with Crippen LogP contribution in [0.1, 0.15) is 11.3 Å². The highest BCUT2D eigenvalue weighted by molar-refractivity contribution is 7.89. The molecule has 1 heterocycles. The number of rotatable bonds is 5. The molecule has 0 aliphatic rings. The zero-order chi connectivity index (χ0) is 13.0. The molecule has 0 unspecified atom stereocenters. The van der Waals surface area contributed by atoms with E-state index in [0.717, 1.165) is 0 Å². The van der Waals surface area contributed by atoms with Crippen molar-refractivity contribution < 1.29 is 8.42 Å². The van der Waals surface area contributed by atoms with Gasteiger partial charge < -0.3 is 5.73 Å². The molecule has 0 atom stereocenters. The van der Waals surface area contributed by atoms with Crippen molar-refractivity contribution in [3.05, 3.63) is 46.4 Å². The van der Waals surface area contributed by atoms with E-state index in [1.54, 1.807) is 35.2 Å². The Bertz CT molecular complexity index is 609. The van der Waals surface area contributed by atoms with Crippen LogP contribution in [0.2, 0.25) is 0 Å². The van der Waals surface area contributed by atoms with Crippen LogP contribution in [-0.2, 0) is 23.1 Å². The molecule has 0 fully saturated rings. The Morgan fingerprint density at radius 1 is 1.33 bits per heavy atom. The van der Waals surface area contributed by atoms with Crippen LogP contribution in [0.25, 0.3) is 0 Å². The van der Waals surface area contributed by atoms with Crippen LogP contribution >= 0.6 is 11.3 Å². The van der Waals surface area contributed by atoms with Gasteiger partial charge in [0.15, 0.2) is 0 Å². The van der Waals surface area contributed by atoms with Gasteiger partial charge in [-0.2, -0.15) is 0 Å². The molecule has 0 bridgehead atoms. The monoisotopic (exact) mass is 283 g/mol. The minimum Gasteiger partial charge on any atom is -0.326 e. The largest absolute Gasteiger partial charge is 0.326 e. The van der Waals surface area contributed by atoms with Gasteiger partial charge in [-0.25, -0.2) is 18.1 Å². The first-order valence-electron chi connectivity index (χ1n) is 5.28. The highest BCUT2D eigenvalue weighted by atomic mass is 32.2. The highest BCUT2D eigenvalue weighted by Crippen LogP contribution is 2.15. The van der Waals surface area contributed by atoms with Crippen LogP contribution in [-0.4, -0.2) is 13.4 Å². The molecule has 3 N–H and O–H groups in total. The third-order valence-electron chi connectivity index (χ3n) is 2.41. The van der Waals surface area contributed by atoms with Crippen molar-refractivity contribution in [2.45, 2.75) is 18.0 Å². The summed E-state index contributed by atoms with van der Waals surface area (Å²) in [7, 11) is -3.54. The topological polar surface area (TPSA) is 85.1 Å². The lowest BCUT2D eigenvalue weighted by molar-refractivity contribution is 0.579. The van der Waals surface area contributed by atoms with Gasteiger partial charge in [-0.15, -0.1) is 11.3 Å². The summed E-state index contributed by atoms with van der Waals surface area (Å²) in [6.07, 6.45) is 0. The molecule has 5 nitrogen and oxygen atoms in total. The van der Waals surface area contributed by atoms with Gasteiger partial charge in [0.05, 0.1) is 22.6 Å². The van der Waals surface area contributed by atoms with Crippen LogP contribution in [0.3, 0.4) is 0 Å². The van der Waals surface area contributed by atoms with E-state index in [4.69, 9.17) is 5.73 Å². The standard InChI is InChI=1S/C11H13N3O2S2/c12-5-9-3-1-2-4-11(9)18(15,16)14-6-10-7-17-8-13-10/h1-4,7-8,14H,5-6,12H2. The first-order chi connectivity index (χ1) is 8.63. The molecule has 7 heteroatoms. The quantitative estimate of drug-likeness (QED) is 0.860. The number of nitrogens with two attached hydrogens (primary N) is 1. The third-order valence-corrected chi connectivity index (χ3v) is 4.55. The fourth-order valence-corrected chi connectivity index (χ4v) is 3.31. The van der Waals surface area contributed by atoms with E-state index in [-0.39, 0.29) is 18.0 Å². The molecule has 0 aliphatic carbocycles. The zero-order valence-corrected chi connectivity index (χ0v) is 11.2. The summed E-state index contributed by atoms with van der Waals surface area (Å²) in [6, 6.07) is 6.70. The van der Waals surface area contributed by atoms with Gasteiger partial charge in [0.25, 0.3) is 0 Å². The summed E-state index contributed by atoms with van der Waals surface area (Å²) < 4.78 is 26.7. The number of hydrogen-bond donors (Lipinski definition) is 2. The molecular weight excluding hydrogens is 270 g/mol. The molecule has 1 aromatic carbocycles. The predicted octanol–water partition coefficient (Wildman–Crippen LogP) is 1.08. The van der Waals surface area contributed by atoms with Crippen LogP contribution in [0, 0.1) is 0 Å². The maximum absolute atomic E-state index is 12.1. The number of aromatic nitrogens is 1. The summed E-state index contributed by atoms with van der Waals surface area (Å²) >= 11 is 1.43. The Labute approximate surface area is 110 Å². The van der Waals surface area contributed by atoms with Crippen molar-refractivity contribution in [1.82, 2.24) is 9.71 Å². The number of hydrogen-bond acceptors (Lipinski definition) is 5. The molecule has 0 saturated heterocycles. The molecule has 0 amide bonds. The second kappa shape index (κ2) is 5.57. The summed E-state index contributed by atoms with van der Waals surface area (Å²) in [5, 5.41) is 1.80. The predicted molar refractivity (Wildman–Crippen MR) is 70.5 cm³/mol. The first kappa shape index (κ1) is 13.2. The molecule has 0 saturated carbocycles. The van der Waals surface area contributed by atoms with Crippen molar-refractivity contribution in [3.8, 4) is 0 Å². The molecule has 1 aromatic heterocycles. The Morgan fingerprint density at radius 2 is 2.11 bits per heavy atom. The van der Waals surface area contributed by atoms with Crippen molar-refractivity contribution in [1.29, 1.82) is 0 Å². The maximum Gasteiger partial charge on any atom is 0.241 e. The molecule has 0 spiro atoms. The molecule has 18 heavy (non-hydrogen) atoms. The van der Waals surface area contributed by atoms with E-state index < -0.39 is 10.0 Å². The summed E-state index contributed by atoms with van der Waals surface area (Å²) in [6.45, 7) is 0.374. The van der Waals surface area contributed by atoms with Gasteiger partial charge in [-0.1, -0.05) is 18.2 Å². The Balaban J connectivity index is 2.20. The minimum atomic E-state index is -3.54. The van der Waals surface area contributed by atoms with Crippen LogP contribution in [0.5, 0.6) is 0 Å². The Morgan fingerprint density at radius 3 is 2.78 bits per heavy atom. The van der Waals surface area contributed by atoms with E-state index in [1.807, 2.05) is 0 Å². The van der Waals surface area contributed by atoms with Crippen LogP contribution < -0.4 is 10.5 Å². The molecule has 96 valence electrons. The number of sulfonamides is 1. The lowest BCUT2D eigenvalue weighted by Crippen LogP contribution is -2.25. The second-order valence-corrected chi connectivity index (χ2v) is 6.07. The van der Waals surface area contributed by atoms with Crippen molar-refractivity contribution in [3.63, 3.8) is 0 Å². The molecule has 2 aromatic rings. The van der Waals surface area contributed by atoms with E-state index in [0.29, 0.717) is 11.3 Å². The maximum atomic E-state index is 12.1. The number of benzene rings is 1. The van der Waals surface area contributed by atoms with Gasteiger partial charge >= 0.3 is 0 Å². The normalized spacial score (nSPS) is 11.6. The van der Waals surface area contributed by atoms with Crippen molar-refractivity contribution in [2.75, 3.05) is 0 Å². The fourth-order valence-electron chi connectivity index (χ4n) is 1.51. The number of nitrogens with one attached hydrogen (secondary N) is 1. The van der Waals surface area contributed by atoms with Gasteiger partial charge in [0, 0.05) is 11.9 Å². The average molecular weight is 283 g/mol. The van der Waals surface area contributed by atoms with Crippen LogP contribution in [0.4, 0.5) is 0 Å². The second-order valence-electron chi connectivity index (χ2n) is 3.62. The van der Waals surface area contributed by atoms with E-state index in [2.05, 4.69) is 9.71 Å². The fraction of sp³-hybridized carbons (Fsp3) is 0.182. The minimum absolute atomic E-state index is 0.185. The van der Waals surface area contributed by atoms with Gasteiger partial charge in [0.2, 0.25) is 10.0 Å². The molecule has 0 aliphatic heterocycles. The van der Waals surface area contributed by atoms with Gasteiger partial charge in [-0.3, -0.25) is 0 Å². The molecule has 0 radical (unpaired) electrons. The van der Waals surface area contributed by atoms with Gasteiger partial charge in [0.1, 0.15) is 0 Å². The summed E-state index contributed by atoms with van der Waals surface area (Å²) in [5.41, 5.74) is 8.50. The Kier molecular flexibility index (Phi) is 4.07. The van der Waals surface area contributed by atoms with E-state index in [9.17, 15) is 8.42 Å². The highest BCUT2D eigenvalue weighted by Gasteiger charge is 2.17. The van der Waals surface area contributed by atoms with Crippen molar-refractivity contribution >= 4 is 21.4 Å². The summed E-state index contributed by atoms with van der Waals surface area (Å²) in [4.78, 5) is 4.25. The summed E-state index contributed by atoms with van der Waals surface area (Å²) in [5.74, 6) is 0. The average Bonchev–Trinajstić information content (AvgIpc) is 2.89. The molecular formula is C11H13N3O2S2. The van der Waals surface area contributed by atoms with Crippen molar-refractivity contribution in [2.24, 2.45) is 5.73 Å². The van der Waals surface area contributed by atoms with E-state index in [1.165, 1.54) is 11.3 Å². The zero-order valence-electron chi connectivity index (χ0n) is 9.54. The van der Waals surface area contributed by atoms with Crippen LogP contribution in [0.15, 0.2) is 40.1 Å². The third kappa shape index (κ3) is 2.94. The number of thiazole rings is 1.